The highest BCUT2D eigenvalue weighted by Crippen LogP contribution is 2.17. The molecule has 2 rings (SSSR count). The first-order valence-corrected chi connectivity index (χ1v) is 6.35. The Labute approximate surface area is 111 Å². The maximum absolute atomic E-state index is 12.0. The SMILES string of the molecule is Cc1ccc(C(=O)N[C@@H]2CCOCC[C@H]2C(=O)O)[nH]1. The third-order valence-corrected chi connectivity index (χ3v) is 3.34. The maximum Gasteiger partial charge on any atom is 0.308 e. The molecule has 1 amide bonds. The van der Waals surface area contributed by atoms with Gasteiger partial charge in [-0.05, 0) is 31.9 Å². The lowest BCUT2D eigenvalue weighted by Crippen LogP contribution is -2.43. The summed E-state index contributed by atoms with van der Waals surface area (Å²) in [6.07, 6.45) is 0.937. The standard InChI is InChI=1S/C13H18N2O4/c1-8-2-3-11(14-8)12(16)15-10-5-7-19-6-4-9(10)13(17)18/h2-3,9-10,14H,4-7H2,1H3,(H,15,16)(H,17,18)/t9-,10-/m1/s1. The zero-order chi connectivity index (χ0) is 13.8. The molecule has 2 heterocycles. The molecule has 6 nitrogen and oxygen atoms in total. The van der Waals surface area contributed by atoms with E-state index in [-0.39, 0.29) is 5.91 Å². The van der Waals surface area contributed by atoms with Crippen LogP contribution in [0.3, 0.4) is 0 Å². The van der Waals surface area contributed by atoms with Crippen molar-refractivity contribution in [2.45, 2.75) is 25.8 Å². The van der Waals surface area contributed by atoms with Crippen molar-refractivity contribution < 1.29 is 19.4 Å². The fraction of sp³-hybridized carbons (Fsp3) is 0.538. The van der Waals surface area contributed by atoms with Crippen LogP contribution in [0.5, 0.6) is 0 Å². The smallest absolute Gasteiger partial charge is 0.308 e. The monoisotopic (exact) mass is 266 g/mol. The number of carboxylic acids is 1. The second-order valence-electron chi connectivity index (χ2n) is 4.77. The zero-order valence-corrected chi connectivity index (χ0v) is 10.8. The lowest BCUT2D eigenvalue weighted by atomic mass is 9.95. The Kier molecular flexibility index (Phi) is 4.21. The van der Waals surface area contributed by atoms with Crippen LogP contribution in [0, 0.1) is 12.8 Å². The molecule has 1 saturated heterocycles. The van der Waals surface area contributed by atoms with E-state index >= 15 is 0 Å². The Morgan fingerprint density at radius 2 is 2.11 bits per heavy atom. The van der Waals surface area contributed by atoms with Crippen LogP contribution in [-0.2, 0) is 9.53 Å². The van der Waals surface area contributed by atoms with Gasteiger partial charge in [0, 0.05) is 24.9 Å². The minimum Gasteiger partial charge on any atom is -0.481 e. The number of nitrogens with one attached hydrogen (secondary N) is 2. The molecule has 1 aliphatic heterocycles. The molecule has 0 bridgehead atoms. The molecule has 2 atom stereocenters. The highest BCUT2D eigenvalue weighted by molar-refractivity contribution is 5.93. The number of hydrogen-bond acceptors (Lipinski definition) is 3. The molecular formula is C13H18N2O4. The zero-order valence-electron chi connectivity index (χ0n) is 10.8. The van der Waals surface area contributed by atoms with Gasteiger partial charge >= 0.3 is 5.97 Å². The van der Waals surface area contributed by atoms with E-state index in [1.807, 2.05) is 6.92 Å². The largest absolute Gasteiger partial charge is 0.481 e. The Balaban J connectivity index is 2.06. The van der Waals surface area contributed by atoms with E-state index in [1.165, 1.54) is 0 Å². The van der Waals surface area contributed by atoms with Crippen LogP contribution in [0.25, 0.3) is 0 Å². The van der Waals surface area contributed by atoms with Gasteiger partial charge in [-0.25, -0.2) is 0 Å². The molecule has 0 spiro atoms. The second kappa shape index (κ2) is 5.88. The lowest BCUT2D eigenvalue weighted by Gasteiger charge is -2.21. The number of carbonyl (C=O) groups is 2. The molecule has 1 fully saturated rings. The van der Waals surface area contributed by atoms with Crippen LogP contribution in [0.4, 0.5) is 0 Å². The summed E-state index contributed by atoms with van der Waals surface area (Å²) in [6, 6.07) is 3.10. The molecule has 3 N–H and O–H groups in total. The highest BCUT2D eigenvalue weighted by Gasteiger charge is 2.31. The normalized spacial score (nSPS) is 23.6. The molecule has 19 heavy (non-hydrogen) atoms. The van der Waals surface area contributed by atoms with Crippen molar-refractivity contribution >= 4 is 11.9 Å². The predicted octanol–water partition coefficient (Wildman–Crippen LogP) is 0.933. The third kappa shape index (κ3) is 3.35. The molecule has 6 heteroatoms. The summed E-state index contributed by atoms with van der Waals surface area (Å²) in [5.41, 5.74) is 1.34. The first kappa shape index (κ1) is 13.6. The minimum absolute atomic E-state index is 0.272. The lowest BCUT2D eigenvalue weighted by molar-refractivity contribution is -0.142. The number of aryl methyl sites for hydroxylation is 1. The average molecular weight is 266 g/mol. The van der Waals surface area contributed by atoms with Crippen LogP contribution in [0.2, 0.25) is 0 Å². The molecule has 1 aliphatic rings. The van der Waals surface area contributed by atoms with Crippen LogP contribution in [0.15, 0.2) is 12.1 Å². The number of ether oxygens (including phenoxy) is 1. The van der Waals surface area contributed by atoms with Crippen molar-refractivity contribution in [1.82, 2.24) is 10.3 Å². The molecule has 1 aromatic rings. The van der Waals surface area contributed by atoms with Crippen molar-refractivity contribution in [3.8, 4) is 0 Å². The summed E-state index contributed by atoms with van der Waals surface area (Å²) in [6.45, 7) is 2.75. The van der Waals surface area contributed by atoms with E-state index < -0.39 is 17.9 Å². The topological polar surface area (TPSA) is 91.4 Å². The van der Waals surface area contributed by atoms with E-state index in [1.54, 1.807) is 12.1 Å². The van der Waals surface area contributed by atoms with Gasteiger partial charge in [0.25, 0.3) is 5.91 Å². The second-order valence-corrected chi connectivity index (χ2v) is 4.77. The summed E-state index contributed by atoms with van der Waals surface area (Å²) in [7, 11) is 0. The van der Waals surface area contributed by atoms with Gasteiger partial charge in [0.1, 0.15) is 5.69 Å². The summed E-state index contributed by atoms with van der Waals surface area (Å²) < 4.78 is 5.27. The van der Waals surface area contributed by atoms with Gasteiger partial charge in [0.2, 0.25) is 0 Å². The van der Waals surface area contributed by atoms with Crippen LogP contribution < -0.4 is 5.32 Å². The van der Waals surface area contributed by atoms with Crippen molar-refractivity contribution in [3.05, 3.63) is 23.5 Å². The first-order valence-electron chi connectivity index (χ1n) is 6.35. The van der Waals surface area contributed by atoms with Crippen molar-refractivity contribution in [3.63, 3.8) is 0 Å². The molecular weight excluding hydrogens is 248 g/mol. The average Bonchev–Trinajstić information content (AvgIpc) is 2.65. The molecule has 0 aromatic carbocycles. The van der Waals surface area contributed by atoms with Crippen molar-refractivity contribution in [1.29, 1.82) is 0 Å². The number of carboxylic acid groups (broad SMARTS) is 1. The van der Waals surface area contributed by atoms with Gasteiger partial charge in [-0.2, -0.15) is 0 Å². The molecule has 0 aliphatic carbocycles. The number of hydrogen-bond donors (Lipinski definition) is 3. The number of carbonyl (C=O) groups excluding carboxylic acids is 1. The number of amides is 1. The summed E-state index contributed by atoms with van der Waals surface area (Å²) >= 11 is 0. The number of aromatic nitrogens is 1. The van der Waals surface area contributed by atoms with Crippen molar-refractivity contribution in [2.75, 3.05) is 13.2 Å². The van der Waals surface area contributed by atoms with Gasteiger partial charge < -0.3 is 20.1 Å². The van der Waals surface area contributed by atoms with E-state index in [0.717, 1.165) is 5.69 Å². The highest BCUT2D eigenvalue weighted by atomic mass is 16.5. The van der Waals surface area contributed by atoms with Gasteiger partial charge in [-0.1, -0.05) is 0 Å². The van der Waals surface area contributed by atoms with Crippen LogP contribution >= 0.6 is 0 Å². The van der Waals surface area contributed by atoms with Crippen LogP contribution in [-0.4, -0.2) is 41.2 Å². The number of aromatic amines is 1. The van der Waals surface area contributed by atoms with Gasteiger partial charge in [-0.3, -0.25) is 9.59 Å². The fourth-order valence-corrected chi connectivity index (χ4v) is 2.28. The van der Waals surface area contributed by atoms with E-state index in [2.05, 4.69) is 10.3 Å². The Hall–Kier alpha value is -1.82. The van der Waals surface area contributed by atoms with Crippen molar-refractivity contribution in [2.24, 2.45) is 5.92 Å². The third-order valence-electron chi connectivity index (χ3n) is 3.34. The quantitative estimate of drug-likeness (QED) is 0.759. The fourth-order valence-electron chi connectivity index (χ4n) is 2.28. The Morgan fingerprint density at radius 3 is 2.74 bits per heavy atom. The number of rotatable bonds is 3. The molecule has 1 aromatic heterocycles. The molecule has 0 radical (unpaired) electrons. The van der Waals surface area contributed by atoms with E-state index in [0.29, 0.717) is 31.7 Å². The summed E-state index contributed by atoms with van der Waals surface area (Å²) in [4.78, 5) is 26.2. The molecule has 104 valence electrons. The van der Waals surface area contributed by atoms with Gasteiger partial charge in [0.15, 0.2) is 0 Å². The Bertz CT molecular complexity index is 469. The predicted molar refractivity (Wildman–Crippen MR) is 68.0 cm³/mol. The Morgan fingerprint density at radius 1 is 1.37 bits per heavy atom. The van der Waals surface area contributed by atoms with Gasteiger partial charge in [0.05, 0.1) is 5.92 Å². The maximum atomic E-state index is 12.0. The number of H-pyrrole nitrogens is 1. The number of aliphatic carboxylic acids is 1. The molecule has 0 unspecified atom stereocenters. The first-order chi connectivity index (χ1) is 9.08. The van der Waals surface area contributed by atoms with E-state index in [9.17, 15) is 14.7 Å². The van der Waals surface area contributed by atoms with E-state index in [4.69, 9.17) is 4.74 Å². The van der Waals surface area contributed by atoms with Gasteiger partial charge in [-0.15, -0.1) is 0 Å². The van der Waals surface area contributed by atoms with Crippen LogP contribution in [0.1, 0.15) is 29.0 Å². The summed E-state index contributed by atoms with van der Waals surface area (Å²) in [5.74, 6) is -1.76. The molecule has 0 saturated carbocycles. The summed E-state index contributed by atoms with van der Waals surface area (Å²) in [5, 5.41) is 12.0. The minimum atomic E-state index is -0.890.